The van der Waals surface area contributed by atoms with E-state index in [9.17, 15) is 0 Å². The van der Waals surface area contributed by atoms with E-state index in [1.54, 1.807) is 0 Å². The third kappa shape index (κ3) is 2.63. The number of rotatable bonds is 3. The molecule has 0 radical (unpaired) electrons. The number of likely N-dealkylation sites (tertiary alicyclic amines) is 2. The largest absolute Gasteiger partial charge is 0.300 e. The Kier molecular flexibility index (Phi) is 3.98. The minimum atomic E-state index is 0.284. The highest BCUT2D eigenvalue weighted by Gasteiger charge is 2.30. The third-order valence-corrected chi connectivity index (χ3v) is 3.86. The fourth-order valence-corrected chi connectivity index (χ4v) is 2.87. The van der Waals surface area contributed by atoms with Gasteiger partial charge >= 0.3 is 0 Å². The molecule has 2 aliphatic heterocycles. The van der Waals surface area contributed by atoms with Gasteiger partial charge in [-0.2, -0.15) is 5.26 Å². The van der Waals surface area contributed by atoms with Gasteiger partial charge in [-0.05, 0) is 38.9 Å². The Hall–Kier alpha value is -0.850. The molecule has 0 aromatic carbocycles. The van der Waals surface area contributed by atoms with Gasteiger partial charge in [0.2, 0.25) is 0 Å². The minimum Gasteiger partial charge on any atom is -0.300 e. The van der Waals surface area contributed by atoms with E-state index in [1.807, 2.05) is 6.08 Å². The smallest absolute Gasteiger partial charge is 0.0669 e. The van der Waals surface area contributed by atoms with Crippen molar-refractivity contribution >= 4 is 0 Å². The normalized spacial score (nSPS) is 29.1. The van der Waals surface area contributed by atoms with Crippen molar-refractivity contribution in [1.29, 1.82) is 5.26 Å². The predicted octanol–water partition coefficient (Wildman–Crippen LogP) is 1.48. The average Bonchev–Trinajstić information content (AvgIpc) is 2.79. The van der Waals surface area contributed by atoms with Gasteiger partial charge in [-0.15, -0.1) is 6.58 Å². The standard InChI is InChI=1S/C13H21N3/c1-2-6-15-7-4-13(5-8-15)16-9-3-12(10-14)11-16/h2,12-13H,1,3-9,11H2. The van der Waals surface area contributed by atoms with Gasteiger partial charge in [-0.25, -0.2) is 0 Å². The van der Waals surface area contributed by atoms with Crippen molar-refractivity contribution < 1.29 is 0 Å². The summed E-state index contributed by atoms with van der Waals surface area (Å²) in [5.74, 6) is 0.284. The molecule has 2 heterocycles. The first kappa shape index (κ1) is 11.6. The Labute approximate surface area is 98.3 Å². The Morgan fingerprint density at radius 2 is 2.00 bits per heavy atom. The Bertz CT molecular complexity index is 273. The summed E-state index contributed by atoms with van der Waals surface area (Å²) in [7, 11) is 0. The van der Waals surface area contributed by atoms with Crippen molar-refractivity contribution in [3.05, 3.63) is 12.7 Å². The highest BCUT2D eigenvalue weighted by Crippen LogP contribution is 2.23. The lowest BCUT2D eigenvalue weighted by molar-refractivity contribution is 0.133. The molecule has 0 aliphatic carbocycles. The first-order chi connectivity index (χ1) is 7.83. The summed E-state index contributed by atoms with van der Waals surface area (Å²) in [5.41, 5.74) is 0. The summed E-state index contributed by atoms with van der Waals surface area (Å²) in [6, 6.07) is 3.12. The first-order valence-electron chi connectivity index (χ1n) is 6.30. The molecule has 0 spiro atoms. The molecule has 0 N–H and O–H groups in total. The second kappa shape index (κ2) is 5.47. The molecule has 0 aromatic rings. The quantitative estimate of drug-likeness (QED) is 0.674. The van der Waals surface area contributed by atoms with Gasteiger partial charge in [0.05, 0.1) is 12.0 Å². The average molecular weight is 219 g/mol. The fourth-order valence-electron chi connectivity index (χ4n) is 2.87. The van der Waals surface area contributed by atoms with E-state index >= 15 is 0 Å². The SMILES string of the molecule is C=CCN1CCC(N2CCC(C#N)C2)CC1. The van der Waals surface area contributed by atoms with E-state index < -0.39 is 0 Å². The van der Waals surface area contributed by atoms with Crippen LogP contribution in [0.5, 0.6) is 0 Å². The van der Waals surface area contributed by atoms with Gasteiger partial charge in [0.1, 0.15) is 0 Å². The van der Waals surface area contributed by atoms with Gasteiger partial charge in [0, 0.05) is 19.1 Å². The van der Waals surface area contributed by atoms with Crippen molar-refractivity contribution in [1.82, 2.24) is 9.80 Å². The van der Waals surface area contributed by atoms with Crippen molar-refractivity contribution in [2.75, 3.05) is 32.7 Å². The molecule has 88 valence electrons. The van der Waals surface area contributed by atoms with Crippen molar-refractivity contribution in [3.63, 3.8) is 0 Å². The van der Waals surface area contributed by atoms with E-state index in [4.69, 9.17) is 5.26 Å². The van der Waals surface area contributed by atoms with Crippen molar-refractivity contribution in [2.45, 2.75) is 25.3 Å². The summed E-state index contributed by atoms with van der Waals surface area (Å²) in [5, 5.41) is 8.90. The maximum absolute atomic E-state index is 8.90. The molecule has 0 bridgehead atoms. The summed E-state index contributed by atoms with van der Waals surface area (Å²) in [6.45, 7) is 9.31. The highest BCUT2D eigenvalue weighted by molar-refractivity contribution is 4.94. The van der Waals surface area contributed by atoms with E-state index in [-0.39, 0.29) is 5.92 Å². The number of nitriles is 1. The number of hydrogen-bond donors (Lipinski definition) is 0. The molecule has 2 rings (SSSR count). The predicted molar refractivity (Wildman–Crippen MR) is 65.0 cm³/mol. The lowest BCUT2D eigenvalue weighted by Gasteiger charge is -2.36. The Balaban J connectivity index is 1.77. The molecule has 0 amide bonds. The Morgan fingerprint density at radius 3 is 2.56 bits per heavy atom. The van der Waals surface area contributed by atoms with E-state index in [0.717, 1.165) is 32.1 Å². The topological polar surface area (TPSA) is 30.3 Å². The van der Waals surface area contributed by atoms with Crippen molar-refractivity contribution in [2.24, 2.45) is 5.92 Å². The molecule has 1 unspecified atom stereocenters. The minimum absolute atomic E-state index is 0.284. The number of piperidine rings is 1. The zero-order valence-corrected chi connectivity index (χ0v) is 9.94. The molecule has 2 aliphatic rings. The maximum atomic E-state index is 8.90. The van der Waals surface area contributed by atoms with Crippen LogP contribution in [-0.2, 0) is 0 Å². The van der Waals surface area contributed by atoms with Gasteiger partial charge in [0.15, 0.2) is 0 Å². The first-order valence-corrected chi connectivity index (χ1v) is 6.30. The molecular formula is C13H21N3. The molecule has 2 fully saturated rings. The zero-order chi connectivity index (χ0) is 11.4. The van der Waals surface area contributed by atoms with E-state index in [1.165, 1.54) is 25.9 Å². The van der Waals surface area contributed by atoms with Crippen molar-refractivity contribution in [3.8, 4) is 6.07 Å². The summed E-state index contributed by atoms with van der Waals surface area (Å²) >= 11 is 0. The number of hydrogen-bond acceptors (Lipinski definition) is 3. The van der Waals surface area contributed by atoms with Crippen LogP contribution < -0.4 is 0 Å². The summed E-state index contributed by atoms with van der Waals surface area (Å²) in [4.78, 5) is 4.99. The molecule has 3 nitrogen and oxygen atoms in total. The van der Waals surface area contributed by atoms with E-state index in [0.29, 0.717) is 0 Å². The summed E-state index contributed by atoms with van der Waals surface area (Å²) in [6.07, 6.45) is 5.57. The van der Waals surface area contributed by atoms with Crippen LogP contribution in [0.3, 0.4) is 0 Å². The van der Waals surface area contributed by atoms with Crippen LogP contribution in [0, 0.1) is 17.2 Å². The number of nitrogens with zero attached hydrogens (tertiary/aromatic N) is 3. The van der Waals surface area contributed by atoms with Gasteiger partial charge in [0.25, 0.3) is 0 Å². The maximum Gasteiger partial charge on any atom is 0.0669 e. The molecule has 1 atom stereocenters. The zero-order valence-electron chi connectivity index (χ0n) is 9.94. The highest BCUT2D eigenvalue weighted by atomic mass is 15.2. The van der Waals surface area contributed by atoms with E-state index in [2.05, 4.69) is 22.4 Å². The fraction of sp³-hybridized carbons (Fsp3) is 0.769. The van der Waals surface area contributed by atoms with Gasteiger partial charge in [-0.1, -0.05) is 6.08 Å². The van der Waals surface area contributed by atoms with Crippen LogP contribution in [0.2, 0.25) is 0 Å². The summed E-state index contributed by atoms with van der Waals surface area (Å²) < 4.78 is 0. The van der Waals surface area contributed by atoms with Gasteiger partial charge < -0.3 is 0 Å². The van der Waals surface area contributed by atoms with Crippen LogP contribution >= 0.6 is 0 Å². The van der Waals surface area contributed by atoms with Gasteiger partial charge in [-0.3, -0.25) is 9.80 Å². The van der Waals surface area contributed by atoms with Crippen LogP contribution in [0.1, 0.15) is 19.3 Å². The third-order valence-electron chi connectivity index (χ3n) is 3.86. The lowest BCUT2D eigenvalue weighted by Crippen LogP contribution is -2.44. The Morgan fingerprint density at radius 1 is 1.25 bits per heavy atom. The monoisotopic (exact) mass is 219 g/mol. The van der Waals surface area contributed by atoms with Crippen LogP contribution in [0.25, 0.3) is 0 Å². The molecule has 2 saturated heterocycles. The van der Waals surface area contributed by atoms with Crippen LogP contribution in [0.15, 0.2) is 12.7 Å². The molecule has 0 saturated carbocycles. The molecule has 0 aromatic heterocycles. The molecular weight excluding hydrogens is 198 g/mol. The molecule has 16 heavy (non-hydrogen) atoms. The lowest BCUT2D eigenvalue weighted by atomic mass is 10.0. The second-order valence-corrected chi connectivity index (χ2v) is 4.93. The second-order valence-electron chi connectivity index (χ2n) is 4.93. The molecule has 3 heteroatoms. The van der Waals surface area contributed by atoms with Crippen LogP contribution in [0.4, 0.5) is 0 Å². The van der Waals surface area contributed by atoms with Crippen LogP contribution in [-0.4, -0.2) is 48.6 Å².